The molecule has 15 heavy (non-hydrogen) atoms. The molecule has 2 nitrogen and oxygen atoms in total. The molecule has 1 aromatic carbocycles. The normalized spacial score (nSPS) is 11.0. The maximum atomic E-state index is 13.1. The molecule has 0 spiro atoms. The van der Waals surface area contributed by atoms with Gasteiger partial charge in [-0.2, -0.15) is 0 Å². The highest BCUT2D eigenvalue weighted by molar-refractivity contribution is 5.18. The lowest BCUT2D eigenvalue weighted by molar-refractivity contribution is 0.399. The van der Waals surface area contributed by atoms with Crippen LogP contribution in [-0.2, 0) is 6.54 Å². The van der Waals surface area contributed by atoms with E-state index in [1.54, 1.807) is 0 Å². The van der Waals surface area contributed by atoms with E-state index in [1.807, 2.05) is 19.0 Å². The van der Waals surface area contributed by atoms with Gasteiger partial charge in [0, 0.05) is 25.2 Å². The number of hydrogen-bond donors (Lipinski definition) is 1. The van der Waals surface area contributed by atoms with Crippen LogP contribution in [0.1, 0.15) is 5.56 Å². The highest BCUT2D eigenvalue weighted by Gasteiger charge is 2.02. The summed E-state index contributed by atoms with van der Waals surface area (Å²) in [5.74, 6) is -0.769. The summed E-state index contributed by atoms with van der Waals surface area (Å²) < 4.78 is 25.9. The molecular weight excluding hydrogens is 198 g/mol. The quantitative estimate of drug-likeness (QED) is 0.749. The van der Waals surface area contributed by atoms with Crippen molar-refractivity contribution in [2.24, 2.45) is 0 Å². The second-order valence-electron chi connectivity index (χ2n) is 3.72. The van der Waals surface area contributed by atoms with Crippen molar-refractivity contribution in [3.63, 3.8) is 0 Å². The minimum absolute atomic E-state index is 0.359. The van der Waals surface area contributed by atoms with Crippen molar-refractivity contribution in [3.05, 3.63) is 35.4 Å². The number of halogens is 2. The zero-order valence-electron chi connectivity index (χ0n) is 9.06. The van der Waals surface area contributed by atoms with Crippen LogP contribution in [0.5, 0.6) is 0 Å². The zero-order valence-corrected chi connectivity index (χ0v) is 9.06. The Bertz CT molecular complexity index is 313. The fraction of sp³-hybridized carbons (Fsp3) is 0.455. The molecule has 0 fully saturated rings. The van der Waals surface area contributed by atoms with Gasteiger partial charge in [0.15, 0.2) is 0 Å². The van der Waals surface area contributed by atoms with E-state index in [9.17, 15) is 8.78 Å². The van der Waals surface area contributed by atoms with Gasteiger partial charge >= 0.3 is 0 Å². The first-order valence-electron chi connectivity index (χ1n) is 4.89. The summed E-state index contributed by atoms with van der Waals surface area (Å²) >= 11 is 0. The van der Waals surface area contributed by atoms with Crippen molar-refractivity contribution < 1.29 is 8.78 Å². The molecule has 0 aliphatic heterocycles. The Balaban J connectivity index is 2.40. The molecule has 1 N–H and O–H groups in total. The van der Waals surface area contributed by atoms with Crippen LogP contribution >= 0.6 is 0 Å². The summed E-state index contributed by atoms with van der Waals surface area (Å²) in [6.07, 6.45) is 0. The van der Waals surface area contributed by atoms with Gasteiger partial charge in [0.1, 0.15) is 11.6 Å². The highest BCUT2D eigenvalue weighted by Crippen LogP contribution is 2.08. The largest absolute Gasteiger partial charge is 0.311 e. The van der Waals surface area contributed by atoms with Crippen LogP contribution in [0.15, 0.2) is 18.2 Å². The highest BCUT2D eigenvalue weighted by atomic mass is 19.1. The van der Waals surface area contributed by atoms with Crippen LogP contribution in [0.4, 0.5) is 8.78 Å². The Kier molecular flexibility index (Phi) is 4.65. The molecule has 0 unspecified atom stereocenters. The van der Waals surface area contributed by atoms with E-state index in [0.717, 1.165) is 25.2 Å². The summed E-state index contributed by atoms with van der Waals surface area (Å²) in [7, 11) is 3.93. The maximum absolute atomic E-state index is 13.1. The Labute approximate surface area is 88.9 Å². The van der Waals surface area contributed by atoms with Gasteiger partial charge in [-0.25, -0.2) is 8.78 Å². The van der Waals surface area contributed by atoms with Crippen molar-refractivity contribution in [1.29, 1.82) is 0 Å². The zero-order chi connectivity index (χ0) is 11.3. The summed E-state index contributed by atoms with van der Waals surface area (Å²) in [6, 6.07) is 3.49. The molecule has 1 rings (SSSR count). The van der Waals surface area contributed by atoms with Gasteiger partial charge in [0.25, 0.3) is 0 Å². The summed E-state index contributed by atoms with van der Waals surface area (Å²) in [5.41, 5.74) is 0.369. The molecule has 0 heterocycles. The minimum atomic E-state index is -0.402. The molecule has 0 aliphatic carbocycles. The number of hydrogen-bond acceptors (Lipinski definition) is 2. The standard InChI is InChI=1S/C11H16F2N2/c1-15(2)6-5-14-8-9-7-10(12)3-4-11(9)13/h3-4,7,14H,5-6,8H2,1-2H3. The Morgan fingerprint density at radius 2 is 2.00 bits per heavy atom. The van der Waals surface area contributed by atoms with Crippen LogP contribution in [-0.4, -0.2) is 32.1 Å². The molecular formula is C11H16F2N2. The van der Waals surface area contributed by atoms with Crippen LogP contribution in [0.3, 0.4) is 0 Å². The van der Waals surface area contributed by atoms with E-state index in [1.165, 1.54) is 6.07 Å². The first-order chi connectivity index (χ1) is 7.09. The second kappa shape index (κ2) is 5.78. The topological polar surface area (TPSA) is 15.3 Å². The average Bonchev–Trinajstić information content (AvgIpc) is 2.17. The van der Waals surface area contributed by atoms with Crippen molar-refractivity contribution >= 4 is 0 Å². The van der Waals surface area contributed by atoms with Crippen LogP contribution in [0, 0.1) is 11.6 Å². The molecule has 0 radical (unpaired) electrons. The first-order valence-corrected chi connectivity index (χ1v) is 4.89. The molecule has 0 aliphatic rings. The van der Waals surface area contributed by atoms with E-state index in [4.69, 9.17) is 0 Å². The average molecular weight is 214 g/mol. The predicted octanol–water partition coefficient (Wildman–Crippen LogP) is 1.62. The monoisotopic (exact) mass is 214 g/mol. The Morgan fingerprint density at radius 3 is 2.67 bits per heavy atom. The third-order valence-electron chi connectivity index (χ3n) is 2.06. The second-order valence-corrected chi connectivity index (χ2v) is 3.72. The van der Waals surface area contributed by atoms with E-state index in [2.05, 4.69) is 5.32 Å². The molecule has 0 amide bonds. The van der Waals surface area contributed by atoms with Crippen molar-refractivity contribution in [3.8, 4) is 0 Å². The van der Waals surface area contributed by atoms with Crippen molar-refractivity contribution in [2.75, 3.05) is 27.2 Å². The SMILES string of the molecule is CN(C)CCNCc1cc(F)ccc1F. The van der Waals surface area contributed by atoms with Gasteiger partial charge in [-0.3, -0.25) is 0 Å². The van der Waals surface area contributed by atoms with Crippen LogP contribution in [0.25, 0.3) is 0 Å². The number of nitrogens with one attached hydrogen (secondary N) is 1. The molecule has 0 saturated heterocycles. The maximum Gasteiger partial charge on any atom is 0.127 e. The third kappa shape index (κ3) is 4.36. The van der Waals surface area contributed by atoms with Gasteiger partial charge in [-0.1, -0.05) is 0 Å². The van der Waals surface area contributed by atoms with Gasteiger partial charge < -0.3 is 10.2 Å². The van der Waals surface area contributed by atoms with Gasteiger partial charge in [-0.05, 0) is 32.3 Å². The molecule has 1 aromatic rings. The third-order valence-corrected chi connectivity index (χ3v) is 2.06. The molecule has 0 aromatic heterocycles. The molecule has 0 bridgehead atoms. The lowest BCUT2D eigenvalue weighted by Gasteiger charge is -2.10. The van der Waals surface area contributed by atoms with Crippen LogP contribution in [0.2, 0.25) is 0 Å². The molecule has 0 saturated carbocycles. The lowest BCUT2D eigenvalue weighted by atomic mass is 10.2. The van der Waals surface area contributed by atoms with Gasteiger partial charge in [0.2, 0.25) is 0 Å². The van der Waals surface area contributed by atoms with E-state index in [-0.39, 0.29) is 5.82 Å². The van der Waals surface area contributed by atoms with E-state index < -0.39 is 5.82 Å². The molecule has 4 heteroatoms. The number of rotatable bonds is 5. The number of benzene rings is 1. The van der Waals surface area contributed by atoms with Gasteiger partial charge in [-0.15, -0.1) is 0 Å². The summed E-state index contributed by atoms with van der Waals surface area (Å²) in [6.45, 7) is 1.98. The summed E-state index contributed by atoms with van der Waals surface area (Å²) in [5, 5.41) is 3.05. The minimum Gasteiger partial charge on any atom is -0.311 e. The first kappa shape index (κ1) is 12.1. The fourth-order valence-electron chi connectivity index (χ4n) is 1.20. The van der Waals surface area contributed by atoms with E-state index >= 15 is 0 Å². The van der Waals surface area contributed by atoms with Crippen LogP contribution < -0.4 is 5.32 Å². The molecule has 84 valence electrons. The van der Waals surface area contributed by atoms with Crippen molar-refractivity contribution in [2.45, 2.75) is 6.54 Å². The smallest absolute Gasteiger partial charge is 0.127 e. The van der Waals surface area contributed by atoms with Crippen molar-refractivity contribution in [1.82, 2.24) is 10.2 Å². The predicted molar refractivity (Wildman–Crippen MR) is 56.6 cm³/mol. The summed E-state index contributed by atoms with van der Waals surface area (Å²) in [4.78, 5) is 2.02. The molecule has 0 atom stereocenters. The lowest BCUT2D eigenvalue weighted by Crippen LogP contribution is -2.26. The van der Waals surface area contributed by atoms with Gasteiger partial charge in [0.05, 0.1) is 0 Å². The fourth-order valence-corrected chi connectivity index (χ4v) is 1.20. The van der Waals surface area contributed by atoms with E-state index in [0.29, 0.717) is 12.1 Å². The Hall–Kier alpha value is -1.00. The number of likely N-dealkylation sites (N-methyl/N-ethyl adjacent to an activating group) is 1. The number of nitrogens with zero attached hydrogens (tertiary/aromatic N) is 1. The Morgan fingerprint density at radius 1 is 1.27 bits per heavy atom.